The molecule has 190 valence electrons. The lowest BCUT2D eigenvalue weighted by Gasteiger charge is -2.37. The van der Waals surface area contributed by atoms with Crippen molar-refractivity contribution in [3.63, 3.8) is 0 Å². The summed E-state index contributed by atoms with van der Waals surface area (Å²) in [5, 5.41) is 0.896. The van der Waals surface area contributed by atoms with Gasteiger partial charge in [0.15, 0.2) is 0 Å². The molecule has 2 aromatic rings. The van der Waals surface area contributed by atoms with Gasteiger partial charge in [-0.2, -0.15) is 0 Å². The van der Waals surface area contributed by atoms with Gasteiger partial charge in [-0.15, -0.1) is 0 Å². The third-order valence-electron chi connectivity index (χ3n) is 7.25. The molecule has 1 amide bonds. The smallest absolute Gasteiger partial charge is 0.343 e. The molecule has 9 nitrogen and oxygen atoms in total. The summed E-state index contributed by atoms with van der Waals surface area (Å²) in [6.07, 6.45) is 7.92. The van der Waals surface area contributed by atoms with Crippen LogP contribution in [0.15, 0.2) is 27.4 Å². The van der Waals surface area contributed by atoms with E-state index in [4.69, 9.17) is 9.15 Å². The van der Waals surface area contributed by atoms with Crippen molar-refractivity contribution >= 4 is 40.6 Å². The molecule has 0 N–H and O–H groups in total. The maximum atomic E-state index is 12.8. The summed E-state index contributed by atoms with van der Waals surface area (Å²) in [5.74, 6) is -1.52. The Morgan fingerprint density at radius 2 is 1.81 bits per heavy atom. The monoisotopic (exact) mass is 494 g/mol. The Bertz CT molecular complexity index is 1290. The highest BCUT2D eigenvalue weighted by molar-refractivity contribution is 5.93. The maximum absolute atomic E-state index is 12.8. The summed E-state index contributed by atoms with van der Waals surface area (Å²) < 4.78 is 15.4. The van der Waals surface area contributed by atoms with Gasteiger partial charge in [-0.05, 0) is 62.3 Å². The lowest BCUT2D eigenvalue weighted by atomic mass is 9.90. The number of fused-ring (bicyclic) bond motifs is 2. The van der Waals surface area contributed by atoms with Crippen LogP contribution in [0.2, 0.25) is 0 Å². The van der Waals surface area contributed by atoms with E-state index < -0.39 is 24.4 Å². The third kappa shape index (κ3) is 4.87. The molecule has 0 atom stereocenters. The van der Waals surface area contributed by atoms with E-state index in [-0.39, 0.29) is 11.8 Å². The second-order valence-corrected chi connectivity index (χ2v) is 9.61. The molecule has 0 bridgehead atoms. The van der Waals surface area contributed by atoms with E-state index in [1.165, 1.54) is 30.3 Å². The number of benzene rings is 1. The number of aryl methyl sites for hydroxylation is 2. The molecular formula is C27H30N2O7. The second kappa shape index (κ2) is 10.2. The van der Waals surface area contributed by atoms with Crippen molar-refractivity contribution in [1.82, 2.24) is 4.90 Å². The number of piperidine rings is 1. The first-order valence-electron chi connectivity index (χ1n) is 12.6. The van der Waals surface area contributed by atoms with Crippen molar-refractivity contribution in [2.75, 3.05) is 37.9 Å². The number of anilines is 1. The Hall–Kier alpha value is -3.62. The van der Waals surface area contributed by atoms with Crippen molar-refractivity contribution in [1.29, 1.82) is 0 Å². The summed E-state index contributed by atoms with van der Waals surface area (Å²) in [7, 11) is 0. The van der Waals surface area contributed by atoms with Crippen molar-refractivity contribution < 1.29 is 28.3 Å². The van der Waals surface area contributed by atoms with Crippen molar-refractivity contribution in [3.8, 4) is 0 Å². The standard InChI is InChI=1S/C27H30N2O7/c1-17(30)34-16-35-26(32)18-8-12-28(13-9-18)23(31)7-6-20-15-21-14-19-4-2-10-29-11-3-5-22(24(19)29)25(21)36-27(20)33/h6-7,14-15,18H,2-5,8-13,16H2,1H3/b7-6+. The quantitative estimate of drug-likeness (QED) is 0.270. The van der Waals surface area contributed by atoms with E-state index in [0.717, 1.165) is 49.7 Å². The number of rotatable bonds is 5. The number of esters is 2. The number of ether oxygens (including phenoxy) is 2. The minimum atomic E-state index is -0.518. The molecule has 0 saturated carbocycles. The number of likely N-dealkylation sites (tertiary alicyclic amines) is 1. The zero-order valence-electron chi connectivity index (χ0n) is 20.4. The first-order valence-corrected chi connectivity index (χ1v) is 12.6. The summed E-state index contributed by atoms with van der Waals surface area (Å²) >= 11 is 0. The van der Waals surface area contributed by atoms with Crippen LogP contribution in [0.3, 0.4) is 0 Å². The van der Waals surface area contributed by atoms with Crippen LogP contribution in [0.1, 0.15) is 49.3 Å². The molecule has 0 spiro atoms. The van der Waals surface area contributed by atoms with Gasteiger partial charge in [0.25, 0.3) is 0 Å². The van der Waals surface area contributed by atoms with Gasteiger partial charge in [-0.1, -0.05) is 0 Å². The molecule has 0 unspecified atom stereocenters. The van der Waals surface area contributed by atoms with Crippen LogP contribution in [0.25, 0.3) is 17.0 Å². The molecule has 3 aliphatic heterocycles. The number of amides is 1. The maximum Gasteiger partial charge on any atom is 0.343 e. The van der Waals surface area contributed by atoms with E-state index in [1.54, 1.807) is 4.90 Å². The molecule has 0 radical (unpaired) electrons. The number of nitrogens with zero attached hydrogens (tertiary/aromatic N) is 2. The zero-order valence-corrected chi connectivity index (χ0v) is 20.4. The lowest BCUT2D eigenvalue weighted by molar-refractivity contribution is -0.170. The lowest BCUT2D eigenvalue weighted by Crippen LogP contribution is -2.40. The first-order chi connectivity index (χ1) is 17.4. The third-order valence-corrected chi connectivity index (χ3v) is 7.25. The van der Waals surface area contributed by atoms with Gasteiger partial charge in [0, 0.05) is 55.8 Å². The van der Waals surface area contributed by atoms with E-state index in [9.17, 15) is 19.2 Å². The highest BCUT2D eigenvalue weighted by atomic mass is 16.7. The average Bonchev–Trinajstić information content (AvgIpc) is 2.88. The molecule has 4 heterocycles. The van der Waals surface area contributed by atoms with E-state index in [1.807, 2.05) is 6.07 Å². The minimum Gasteiger partial charge on any atom is -0.428 e. The fraction of sp³-hybridized carbons (Fsp3) is 0.481. The molecule has 0 aliphatic carbocycles. The predicted octanol–water partition coefficient (Wildman–Crippen LogP) is 2.81. The molecular weight excluding hydrogens is 464 g/mol. The van der Waals surface area contributed by atoms with Crippen LogP contribution in [0, 0.1) is 5.92 Å². The van der Waals surface area contributed by atoms with Crippen molar-refractivity contribution in [2.45, 2.75) is 45.4 Å². The molecule has 9 heteroatoms. The summed E-state index contributed by atoms with van der Waals surface area (Å²) in [4.78, 5) is 52.4. The Labute approximate surface area is 208 Å². The van der Waals surface area contributed by atoms with Crippen LogP contribution < -0.4 is 10.5 Å². The fourth-order valence-corrected chi connectivity index (χ4v) is 5.47. The summed E-state index contributed by atoms with van der Waals surface area (Å²) in [6, 6.07) is 3.94. The molecule has 1 aromatic heterocycles. The number of carbonyl (C=O) groups excluding carboxylic acids is 3. The Morgan fingerprint density at radius 3 is 2.56 bits per heavy atom. The van der Waals surface area contributed by atoms with E-state index in [2.05, 4.69) is 15.7 Å². The Balaban J connectivity index is 1.26. The van der Waals surface area contributed by atoms with Gasteiger partial charge in [0.05, 0.1) is 11.5 Å². The Kier molecular flexibility index (Phi) is 6.80. The van der Waals surface area contributed by atoms with E-state index >= 15 is 0 Å². The first kappa shape index (κ1) is 24.1. The zero-order chi connectivity index (χ0) is 25.2. The Morgan fingerprint density at radius 1 is 1.06 bits per heavy atom. The highest BCUT2D eigenvalue weighted by Gasteiger charge is 2.29. The van der Waals surface area contributed by atoms with Crippen molar-refractivity contribution in [3.05, 3.63) is 45.3 Å². The van der Waals surface area contributed by atoms with Gasteiger partial charge >= 0.3 is 17.6 Å². The van der Waals surface area contributed by atoms with Crippen LogP contribution in [-0.4, -0.2) is 55.7 Å². The number of hydrogen-bond acceptors (Lipinski definition) is 8. The predicted molar refractivity (Wildman–Crippen MR) is 132 cm³/mol. The SMILES string of the molecule is CC(=O)OCOC(=O)C1CCN(C(=O)/C=C/c2cc3cc4c5c(c3oc2=O)CCCN5CCC4)CC1. The largest absolute Gasteiger partial charge is 0.428 e. The normalized spacial score (nSPS) is 17.8. The molecule has 36 heavy (non-hydrogen) atoms. The molecule has 3 aliphatic rings. The van der Waals surface area contributed by atoms with Crippen LogP contribution >= 0.6 is 0 Å². The summed E-state index contributed by atoms with van der Waals surface area (Å²) in [6.45, 7) is 3.73. The van der Waals surface area contributed by atoms with Gasteiger partial charge in [0.1, 0.15) is 5.58 Å². The van der Waals surface area contributed by atoms with E-state index in [0.29, 0.717) is 37.1 Å². The fourth-order valence-electron chi connectivity index (χ4n) is 5.47. The van der Waals surface area contributed by atoms with Crippen LogP contribution in [-0.2, 0) is 36.7 Å². The van der Waals surface area contributed by atoms with Gasteiger partial charge in [-0.25, -0.2) is 4.79 Å². The molecule has 1 aromatic carbocycles. The highest BCUT2D eigenvalue weighted by Crippen LogP contribution is 2.39. The molecule has 1 fully saturated rings. The van der Waals surface area contributed by atoms with Crippen LogP contribution in [0.5, 0.6) is 0 Å². The molecule has 1 saturated heterocycles. The molecule has 5 rings (SSSR count). The van der Waals surface area contributed by atoms with Crippen LogP contribution in [0.4, 0.5) is 5.69 Å². The number of hydrogen-bond donors (Lipinski definition) is 0. The summed E-state index contributed by atoms with van der Waals surface area (Å²) in [5.41, 5.74) is 4.24. The van der Waals surface area contributed by atoms with Crippen molar-refractivity contribution in [2.24, 2.45) is 5.92 Å². The van der Waals surface area contributed by atoms with Gasteiger partial charge in [-0.3, -0.25) is 14.4 Å². The second-order valence-electron chi connectivity index (χ2n) is 9.61. The minimum absolute atomic E-state index is 0.225. The van der Waals surface area contributed by atoms with Gasteiger partial charge < -0.3 is 23.7 Å². The topological polar surface area (TPSA) is 106 Å². The number of carbonyl (C=O) groups is 3. The average molecular weight is 495 g/mol. The van der Waals surface area contributed by atoms with Gasteiger partial charge in [0.2, 0.25) is 12.7 Å².